The lowest BCUT2D eigenvalue weighted by Gasteiger charge is -2.37. The Hall–Kier alpha value is -3.46. The molecule has 2 aromatic carbocycles. The number of hydrogen-bond acceptors (Lipinski definition) is 4. The van der Waals surface area contributed by atoms with Crippen LogP contribution in [0.5, 0.6) is 0 Å². The van der Waals surface area contributed by atoms with E-state index in [0.717, 1.165) is 17.8 Å². The predicted octanol–water partition coefficient (Wildman–Crippen LogP) is 6.57. The summed E-state index contributed by atoms with van der Waals surface area (Å²) in [7, 11) is 0. The number of hydrogen-bond donors (Lipinski definition) is 1. The van der Waals surface area contributed by atoms with E-state index in [-0.39, 0.29) is 23.0 Å². The Balaban J connectivity index is 1.48. The average Bonchev–Trinajstić information content (AvgIpc) is 3.34. The number of alkyl halides is 3. The summed E-state index contributed by atoms with van der Waals surface area (Å²) < 4.78 is 44.8. The standard InChI is InChI=1S/C27H27ClF3N3O3/c1-17(2)14-25(35)34-12-10-33(11-13-34)22-7-6-20(28)16-21(22)32-26(36)24-9-8-23(37-24)18-4-3-5-19(15-18)27(29,30)31/h3-9,15-17H,10-14H2,1-2H3,(H,32,36). The number of carbonyl (C=O) groups excluding carboxylic acids is 2. The van der Waals surface area contributed by atoms with E-state index in [2.05, 4.69) is 10.2 Å². The van der Waals surface area contributed by atoms with Gasteiger partial charge in [0, 0.05) is 43.2 Å². The van der Waals surface area contributed by atoms with E-state index in [0.29, 0.717) is 49.2 Å². The van der Waals surface area contributed by atoms with Gasteiger partial charge < -0.3 is 19.5 Å². The molecule has 0 spiro atoms. The van der Waals surface area contributed by atoms with Gasteiger partial charge in [0.15, 0.2) is 5.76 Å². The second-order valence-electron chi connectivity index (χ2n) is 9.32. The zero-order chi connectivity index (χ0) is 26.7. The normalized spacial score (nSPS) is 14.2. The molecule has 0 aliphatic carbocycles. The molecule has 37 heavy (non-hydrogen) atoms. The lowest BCUT2D eigenvalue weighted by molar-refractivity contribution is -0.137. The monoisotopic (exact) mass is 533 g/mol. The molecule has 1 fully saturated rings. The first-order valence-electron chi connectivity index (χ1n) is 11.9. The molecule has 2 heterocycles. The van der Waals surface area contributed by atoms with Crippen molar-refractivity contribution in [3.05, 3.63) is 70.9 Å². The molecular weight excluding hydrogens is 507 g/mol. The third kappa shape index (κ3) is 6.46. The summed E-state index contributed by atoms with van der Waals surface area (Å²) in [6, 6.07) is 12.7. The van der Waals surface area contributed by atoms with Crippen LogP contribution >= 0.6 is 11.6 Å². The number of anilines is 2. The van der Waals surface area contributed by atoms with Crippen molar-refractivity contribution < 1.29 is 27.2 Å². The maximum absolute atomic E-state index is 13.1. The summed E-state index contributed by atoms with van der Waals surface area (Å²) in [4.78, 5) is 29.3. The lowest BCUT2D eigenvalue weighted by atomic mass is 10.1. The van der Waals surface area contributed by atoms with Crippen LogP contribution in [0.2, 0.25) is 5.02 Å². The predicted molar refractivity (Wildman–Crippen MR) is 137 cm³/mol. The van der Waals surface area contributed by atoms with E-state index >= 15 is 0 Å². The smallest absolute Gasteiger partial charge is 0.416 e. The van der Waals surface area contributed by atoms with E-state index in [1.165, 1.54) is 24.3 Å². The molecule has 10 heteroatoms. The Labute approximate surface area is 218 Å². The molecule has 0 unspecified atom stereocenters. The average molecular weight is 534 g/mol. The van der Waals surface area contributed by atoms with Gasteiger partial charge >= 0.3 is 6.18 Å². The summed E-state index contributed by atoms with van der Waals surface area (Å²) in [5, 5.41) is 3.23. The number of carbonyl (C=O) groups is 2. The van der Waals surface area contributed by atoms with Gasteiger partial charge in [0.2, 0.25) is 5.91 Å². The van der Waals surface area contributed by atoms with Gasteiger partial charge in [0.05, 0.1) is 16.9 Å². The summed E-state index contributed by atoms with van der Waals surface area (Å²) in [6.45, 7) is 6.35. The Morgan fingerprint density at radius 1 is 1.03 bits per heavy atom. The molecule has 0 radical (unpaired) electrons. The van der Waals surface area contributed by atoms with E-state index in [4.69, 9.17) is 16.0 Å². The Morgan fingerprint density at radius 2 is 1.76 bits per heavy atom. The molecule has 1 N–H and O–H groups in total. The minimum atomic E-state index is -4.49. The second-order valence-corrected chi connectivity index (χ2v) is 9.76. The molecule has 1 aliphatic rings. The van der Waals surface area contributed by atoms with Crippen molar-refractivity contribution in [1.82, 2.24) is 4.90 Å². The zero-order valence-corrected chi connectivity index (χ0v) is 21.2. The molecule has 0 saturated carbocycles. The zero-order valence-electron chi connectivity index (χ0n) is 20.4. The quantitative estimate of drug-likeness (QED) is 0.389. The van der Waals surface area contributed by atoms with Crippen LogP contribution in [0.4, 0.5) is 24.5 Å². The van der Waals surface area contributed by atoms with Gasteiger partial charge in [-0.05, 0) is 48.4 Å². The van der Waals surface area contributed by atoms with Crippen molar-refractivity contribution in [3.63, 3.8) is 0 Å². The third-order valence-corrected chi connectivity index (χ3v) is 6.30. The van der Waals surface area contributed by atoms with E-state index in [1.54, 1.807) is 18.2 Å². The highest BCUT2D eigenvalue weighted by atomic mass is 35.5. The molecule has 1 saturated heterocycles. The Kier molecular flexibility index (Phi) is 7.82. The van der Waals surface area contributed by atoms with Crippen LogP contribution in [0.3, 0.4) is 0 Å². The van der Waals surface area contributed by atoms with Gasteiger partial charge in [-0.1, -0.05) is 37.6 Å². The van der Waals surface area contributed by atoms with Gasteiger partial charge in [-0.3, -0.25) is 9.59 Å². The molecule has 0 bridgehead atoms. The molecule has 1 aromatic heterocycles. The SMILES string of the molecule is CC(C)CC(=O)N1CCN(c2ccc(Cl)cc2NC(=O)c2ccc(-c3cccc(C(F)(F)F)c3)o2)CC1. The van der Waals surface area contributed by atoms with Crippen LogP contribution in [0.25, 0.3) is 11.3 Å². The van der Waals surface area contributed by atoms with E-state index in [1.807, 2.05) is 18.7 Å². The molecule has 0 atom stereocenters. The largest absolute Gasteiger partial charge is 0.451 e. The molecule has 4 rings (SSSR count). The van der Waals surface area contributed by atoms with Crippen LogP contribution in [-0.2, 0) is 11.0 Å². The van der Waals surface area contributed by atoms with Crippen molar-refractivity contribution in [3.8, 4) is 11.3 Å². The van der Waals surface area contributed by atoms with Crippen molar-refractivity contribution >= 4 is 34.8 Å². The van der Waals surface area contributed by atoms with E-state index in [9.17, 15) is 22.8 Å². The van der Waals surface area contributed by atoms with Gasteiger partial charge in [-0.2, -0.15) is 13.2 Å². The highest BCUT2D eigenvalue weighted by Crippen LogP contribution is 2.34. The topological polar surface area (TPSA) is 65.8 Å². The van der Waals surface area contributed by atoms with Crippen molar-refractivity contribution in [2.24, 2.45) is 5.92 Å². The third-order valence-electron chi connectivity index (χ3n) is 6.07. The maximum Gasteiger partial charge on any atom is 0.416 e. The van der Waals surface area contributed by atoms with E-state index < -0.39 is 17.6 Å². The molecular formula is C27H27ClF3N3O3. The molecule has 1 aliphatic heterocycles. The molecule has 196 valence electrons. The summed E-state index contributed by atoms with van der Waals surface area (Å²) in [5.41, 5.74) is 0.624. The van der Waals surface area contributed by atoms with Crippen LogP contribution < -0.4 is 10.2 Å². The number of benzene rings is 2. The molecule has 2 amide bonds. The number of nitrogens with one attached hydrogen (secondary N) is 1. The van der Waals surface area contributed by atoms with Crippen molar-refractivity contribution in [2.75, 3.05) is 36.4 Å². The Morgan fingerprint density at radius 3 is 2.43 bits per heavy atom. The molecule has 6 nitrogen and oxygen atoms in total. The van der Waals surface area contributed by atoms with Gasteiger partial charge in [-0.15, -0.1) is 0 Å². The fraction of sp³-hybridized carbons (Fsp3) is 0.333. The number of rotatable bonds is 6. The Bertz CT molecular complexity index is 1280. The summed E-state index contributed by atoms with van der Waals surface area (Å²) >= 11 is 6.20. The summed E-state index contributed by atoms with van der Waals surface area (Å²) in [6.07, 6.45) is -3.98. The van der Waals surface area contributed by atoms with Crippen molar-refractivity contribution in [2.45, 2.75) is 26.4 Å². The van der Waals surface area contributed by atoms with Crippen molar-refractivity contribution in [1.29, 1.82) is 0 Å². The fourth-order valence-corrected chi connectivity index (χ4v) is 4.38. The number of nitrogens with zero attached hydrogens (tertiary/aromatic N) is 2. The van der Waals surface area contributed by atoms with Crippen LogP contribution in [-0.4, -0.2) is 42.9 Å². The number of halogens is 4. The van der Waals surface area contributed by atoms with Gasteiger partial charge in [0.25, 0.3) is 5.91 Å². The van der Waals surface area contributed by atoms with Crippen LogP contribution in [0.1, 0.15) is 36.4 Å². The van der Waals surface area contributed by atoms with Crippen LogP contribution in [0.15, 0.2) is 59.0 Å². The minimum Gasteiger partial charge on any atom is -0.451 e. The van der Waals surface area contributed by atoms with Crippen LogP contribution in [0, 0.1) is 5.92 Å². The minimum absolute atomic E-state index is 0.0533. The lowest BCUT2D eigenvalue weighted by Crippen LogP contribution is -2.49. The first-order chi connectivity index (χ1) is 17.5. The maximum atomic E-state index is 13.1. The fourth-order valence-electron chi connectivity index (χ4n) is 4.21. The van der Waals surface area contributed by atoms with Gasteiger partial charge in [-0.25, -0.2) is 0 Å². The van der Waals surface area contributed by atoms with Gasteiger partial charge in [0.1, 0.15) is 5.76 Å². The number of furan rings is 1. The first kappa shape index (κ1) is 26.6. The second kappa shape index (κ2) is 10.9. The highest BCUT2D eigenvalue weighted by molar-refractivity contribution is 6.31. The first-order valence-corrected chi connectivity index (χ1v) is 12.3. The highest BCUT2D eigenvalue weighted by Gasteiger charge is 2.31. The number of piperazine rings is 1. The molecule has 3 aromatic rings. The number of amides is 2. The summed E-state index contributed by atoms with van der Waals surface area (Å²) in [5.74, 6) is -0.0485.